The maximum absolute atomic E-state index is 13.0. The number of hydrogen-bond acceptors (Lipinski definition) is 3. The molecule has 0 saturated heterocycles. The van der Waals surface area contributed by atoms with Crippen LogP contribution in [-0.2, 0) is 0 Å². The number of rotatable bonds is 4. The van der Waals surface area contributed by atoms with E-state index in [1.165, 1.54) is 12.3 Å². The van der Waals surface area contributed by atoms with Crippen LogP contribution in [0.1, 0.15) is 0 Å². The first-order valence-corrected chi connectivity index (χ1v) is 4.20. The van der Waals surface area contributed by atoms with E-state index in [2.05, 4.69) is 10.3 Å². The van der Waals surface area contributed by atoms with Crippen molar-refractivity contribution in [3.8, 4) is 5.88 Å². The third kappa shape index (κ3) is 3.16. The van der Waals surface area contributed by atoms with Crippen LogP contribution in [0.25, 0.3) is 0 Å². The zero-order chi connectivity index (χ0) is 9.68. The van der Waals surface area contributed by atoms with Gasteiger partial charge in [0, 0.05) is 12.7 Å². The maximum atomic E-state index is 13.0. The molecule has 0 fully saturated rings. The number of ether oxygens (including phenoxy) is 1. The normalized spacial score (nSPS) is 10.1. The Morgan fingerprint density at radius 1 is 1.69 bits per heavy atom. The first-order valence-electron chi connectivity index (χ1n) is 3.82. The number of hydrogen-bond donors (Lipinski definition) is 1. The molecule has 1 aromatic rings. The predicted octanol–water partition coefficient (Wildman–Crippen LogP) is 1.47. The Labute approximate surface area is 80.9 Å². The lowest BCUT2D eigenvalue weighted by molar-refractivity contribution is 0.290. The van der Waals surface area contributed by atoms with Gasteiger partial charge in [0.25, 0.3) is 5.88 Å². The molecule has 0 aromatic carbocycles. The lowest BCUT2D eigenvalue weighted by Gasteiger charge is -2.04. The van der Waals surface area contributed by atoms with Crippen molar-refractivity contribution in [2.75, 3.05) is 20.2 Å². The highest BCUT2D eigenvalue weighted by molar-refractivity contribution is 6.30. The van der Waals surface area contributed by atoms with Crippen molar-refractivity contribution < 1.29 is 9.13 Å². The van der Waals surface area contributed by atoms with Crippen molar-refractivity contribution in [3.63, 3.8) is 0 Å². The number of nitrogens with one attached hydrogen (secondary N) is 1. The fourth-order valence-electron chi connectivity index (χ4n) is 0.758. The van der Waals surface area contributed by atoms with Crippen LogP contribution >= 0.6 is 11.6 Å². The average Bonchev–Trinajstić information content (AvgIpc) is 2.09. The molecule has 1 N–H and O–H groups in total. The fourth-order valence-corrected chi connectivity index (χ4v) is 0.903. The zero-order valence-electron chi connectivity index (χ0n) is 7.18. The van der Waals surface area contributed by atoms with Crippen molar-refractivity contribution in [3.05, 3.63) is 23.1 Å². The second-order valence-electron chi connectivity index (χ2n) is 2.39. The average molecular weight is 205 g/mol. The van der Waals surface area contributed by atoms with Gasteiger partial charge in [0.05, 0.1) is 5.02 Å². The molecule has 0 amide bonds. The summed E-state index contributed by atoms with van der Waals surface area (Å²) in [6, 6.07) is 1.17. The van der Waals surface area contributed by atoms with E-state index in [1.807, 2.05) is 0 Å². The lowest BCUT2D eigenvalue weighted by atomic mass is 10.4. The largest absolute Gasteiger partial charge is 0.474 e. The van der Waals surface area contributed by atoms with Crippen LogP contribution in [0.3, 0.4) is 0 Å². The first-order chi connectivity index (χ1) is 6.24. The molecule has 1 aromatic heterocycles. The summed E-state index contributed by atoms with van der Waals surface area (Å²) in [7, 11) is 1.79. The van der Waals surface area contributed by atoms with E-state index >= 15 is 0 Å². The summed E-state index contributed by atoms with van der Waals surface area (Å²) in [4.78, 5) is 3.69. The molecule has 1 rings (SSSR count). The lowest BCUT2D eigenvalue weighted by Crippen LogP contribution is -2.16. The minimum absolute atomic E-state index is 0.0142. The van der Waals surface area contributed by atoms with Gasteiger partial charge >= 0.3 is 0 Å². The summed E-state index contributed by atoms with van der Waals surface area (Å²) in [5.41, 5.74) is 0. The summed E-state index contributed by atoms with van der Waals surface area (Å²) in [6.07, 6.45) is 1.35. The van der Waals surface area contributed by atoms with Crippen molar-refractivity contribution in [1.29, 1.82) is 0 Å². The van der Waals surface area contributed by atoms with Gasteiger partial charge in [-0.25, -0.2) is 9.37 Å². The molecule has 0 bridgehead atoms. The Kier molecular flexibility index (Phi) is 3.92. The fraction of sp³-hybridized carbons (Fsp3) is 0.375. The number of halogens is 2. The Bertz CT molecular complexity index is 283. The molecule has 0 aliphatic rings. The summed E-state index contributed by atoms with van der Waals surface area (Å²) in [5, 5.41) is 3.13. The monoisotopic (exact) mass is 204 g/mol. The quantitative estimate of drug-likeness (QED) is 0.755. The van der Waals surface area contributed by atoms with E-state index < -0.39 is 5.82 Å². The molecule has 5 heteroatoms. The van der Waals surface area contributed by atoms with Crippen LogP contribution in [0.2, 0.25) is 5.02 Å². The molecule has 0 spiro atoms. The van der Waals surface area contributed by atoms with E-state index in [-0.39, 0.29) is 10.9 Å². The van der Waals surface area contributed by atoms with Crippen LogP contribution < -0.4 is 10.1 Å². The summed E-state index contributed by atoms with van der Waals surface area (Å²) >= 11 is 5.51. The Morgan fingerprint density at radius 2 is 2.46 bits per heavy atom. The number of likely N-dealkylation sites (N-methyl/N-ethyl adjacent to an activating group) is 1. The van der Waals surface area contributed by atoms with Crippen molar-refractivity contribution in [1.82, 2.24) is 10.3 Å². The minimum atomic E-state index is -0.538. The van der Waals surface area contributed by atoms with Crippen LogP contribution in [-0.4, -0.2) is 25.2 Å². The van der Waals surface area contributed by atoms with E-state index in [4.69, 9.17) is 16.3 Å². The molecule has 0 atom stereocenters. The molecule has 0 radical (unpaired) electrons. The third-order valence-electron chi connectivity index (χ3n) is 1.36. The Morgan fingerprint density at radius 3 is 3.08 bits per heavy atom. The van der Waals surface area contributed by atoms with E-state index in [1.54, 1.807) is 7.05 Å². The topological polar surface area (TPSA) is 34.1 Å². The second-order valence-corrected chi connectivity index (χ2v) is 2.83. The van der Waals surface area contributed by atoms with Gasteiger partial charge in [0.2, 0.25) is 0 Å². The Hall–Kier alpha value is -0.870. The highest BCUT2D eigenvalue weighted by Crippen LogP contribution is 2.16. The van der Waals surface area contributed by atoms with Gasteiger partial charge in [-0.15, -0.1) is 0 Å². The molecule has 1 heterocycles. The SMILES string of the molecule is CNCCOc1ncc(Cl)cc1F. The van der Waals surface area contributed by atoms with E-state index in [0.717, 1.165) is 0 Å². The van der Waals surface area contributed by atoms with Gasteiger partial charge in [0.15, 0.2) is 5.82 Å². The van der Waals surface area contributed by atoms with Gasteiger partial charge in [-0.2, -0.15) is 0 Å². The predicted molar refractivity (Wildman–Crippen MR) is 48.6 cm³/mol. The number of aromatic nitrogens is 1. The molecule has 0 aliphatic carbocycles. The summed E-state index contributed by atoms with van der Waals surface area (Å²) < 4.78 is 18.0. The Balaban J connectivity index is 2.56. The van der Waals surface area contributed by atoms with Crippen LogP contribution in [0, 0.1) is 5.82 Å². The summed E-state index contributed by atoms with van der Waals surface area (Å²) in [6.45, 7) is 1.02. The molecule has 13 heavy (non-hydrogen) atoms. The molecule has 72 valence electrons. The highest BCUT2D eigenvalue weighted by atomic mass is 35.5. The van der Waals surface area contributed by atoms with Crippen molar-refractivity contribution >= 4 is 11.6 Å². The number of pyridine rings is 1. The number of nitrogens with zero attached hydrogens (tertiary/aromatic N) is 1. The minimum Gasteiger partial charge on any atom is -0.474 e. The van der Waals surface area contributed by atoms with Gasteiger partial charge in [0.1, 0.15) is 6.61 Å². The molecule has 0 aliphatic heterocycles. The molecular weight excluding hydrogens is 195 g/mol. The van der Waals surface area contributed by atoms with Gasteiger partial charge < -0.3 is 10.1 Å². The van der Waals surface area contributed by atoms with Gasteiger partial charge in [-0.1, -0.05) is 11.6 Å². The van der Waals surface area contributed by atoms with Crippen molar-refractivity contribution in [2.24, 2.45) is 0 Å². The first kappa shape index (κ1) is 10.2. The van der Waals surface area contributed by atoms with E-state index in [9.17, 15) is 4.39 Å². The third-order valence-corrected chi connectivity index (χ3v) is 1.57. The maximum Gasteiger partial charge on any atom is 0.250 e. The van der Waals surface area contributed by atoms with Crippen LogP contribution in [0.4, 0.5) is 4.39 Å². The zero-order valence-corrected chi connectivity index (χ0v) is 7.94. The smallest absolute Gasteiger partial charge is 0.250 e. The standard InChI is InChI=1S/C8H10ClFN2O/c1-11-2-3-13-8-7(10)4-6(9)5-12-8/h4-5,11H,2-3H2,1H3. The van der Waals surface area contributed by atoms with Crippen LogP contribution in [0.15, 0.2) is 12.3 Å². The van der Waals surface area contributed by atoms with Gasteiger partial charge in [-0.05, 0) is 13.1 Å². The van der Waals surface area contributed by atoms with E-state index in [0.29, 0.717) is 13.2 Å². The highest BCUT2D eigenvalue weighted by Gasteiger charge is 2.04. The molecule has 0 unspecified atom stereocenters. The van der Waals surface area contributed by atoms with Crippen LogP contribution in [0.5, 0.6) is 5.88 Å². The molecular formula is C8H10ClFN2O. The molecule has 0 saturated carbocycles. The summed E-state index contributed by atoms with van der Waals surface area (Å²) in [5.74, 6) is -0.553. The van der Waals surface area contributed by atoms with Crippen molar-refractivity contribution in [2.45, 2.75) is 0 Å². The van der Waals surface area contributed by atoms with Gasteiger partial charge in [-0.3, -0.25) is 0 Å². The molecule has 3 nitrogen and oxygen atoms in total. The second kappa shape index (κ2) is 4.99.